The third-order valence-electron chi connectivity index (χ3n) is 4.22. The quantitative estimate of drug-likeness (QED) is 0.379. The van der Waals surface area contributed by atoms with Crippen LogP contribution in [0.5, 0.6) is 5.75 Å². The molecule has 4 N–H and O–H groups in total. The van der Waals surface area contributed by atoms with Gasteiger partial charge in [-0.25, -0.2) is 10.0 Å². The molecule has 0 aromatic heterocycles. The highest BCUT2D eigenvalue weighted by atomic mass is 35.5. The van der Waals surface area contributed by atoms with Crippen molar-refractivity contribution < 1.29 is 22.6 Å². The van der Waals surface area contributed by atoms with E-state index >= 15 is 0 Å². The van der Waals surface area contributed by atoms with Gasteiger partial charge in [0.1, 0.15) is 11.9 Å². The van der Waals surface area contributed by atoms with Crippen molar-refractivity contribution in [2.24, 2.45) is 15.8 Å². The van der Waals surface area contributed by atoms with E-state index in [1.165, 1.54) is 25.5 Å². The number of benzene rings is 1. The highest BCUT2D eigenvalue weighted by molar-refractivity contribution is 6.63. The van der Waals surface area contributed by atoms with E-state index in [0.717, 1.165) is 17.1 Å². The van der Waals surface area contributed by atoms with Gasteiger partial charge in [0.25, 0.3) is 0 Å². The van der Waals surface area contributed by atoms with Crippen LogP contribution in [0.2, 0.25) is 0 Å². The number of nitrogens with zero attached hydrogens (tertiary/aromatic N) is 3. The molecule has 2 aliphatic heterocycles. The molecule has 0 saturated heterocycles. The maximum Gasteiger partial charge on any atom is 0.416 e. The molecule has 0 radical (unpaired) electrons. The molecule has 2 aliphatic rings. The average Bonchev–Trinajstić information content (AvgIpc) is 2.69. The van der Waals surface area contributed by atoms with Crippen molar-refractivity contribution in [1.29, 1.82) is 5.41 Å². The molecule has 2 atom stereocenters. The first-order valence-electron chi connectivity index (χ1n) is 8.58. The number of alkyl halides is 3. The smallest absolute Gasteiger partial charge is 0.416 e. The highest BCUT2D eigenvalue weighted by Crippen LogP contribution is 2.36. The molecule has 160 valence electrons. The number of allylic oxidation sites excluding steroid dienone is 1. The Morgan fingerprint density at radius 1 is 1.37 bits per heavy atom. The zero-order valence-electron chi connectivity index (χ0n) is 15.9. The molecular weight excluding hydrogens is 425 g/mol. The third kappa shape index (κ3) is 4.64. The van der Waals surface area contributed by atoms with Crippen LogP contribution in [0.15, 0.2) is 46.1 Å². The zero-order valence-corrected chi connectivity index (χ0v) is 16.6. The number of halogens is 4. The molecule has 3 rings (SSSR count). The Bertz CT molecular complexity index is 973. The Kier molecular flexibility index (Phi) is 6.15. The number of methoxy groups -OCH3 is 1. The van der Waals surface area contributed by atoms with Gasteiger partial charge in [0.15, 0.2) is 0 Å². The van der Waals surface area contributed by atoms with Crippen LogP contribution in [0.3, 0.4) is 0 Å². The predicted octanol–water partition coefficient (Wildman–Crippen LogP) is 3.06. The minimum Gasteiger partial charge on any atom is -0.437 e. The number of hydrogen-bond acceptors (Lipinski definition) is 7. The Morgan fingerprint density at radius 2 is 2.10 bits per heavy atom. The van der Waals surface area contributed by atoms with Crippen LogP contribution in [-0.4, -0.2) is 42.0 Å². The number of nitrogens with two attached hydrogens (primary N) is 1. The number of hydrogen-bond donors (Lipinski definition) is 3. The largest absolute Gasteiger partial charge is 0.437 e. The number of ether oxygens (including phenoxy) is 2. The number of rotatable bonds is 3. The molecule has 0 fully saturated rings. The summed E-state index contributed by atoms with van der Waals surface area (Å²) in [5, 5.41) is 15.0. The number of amidine groups is 1. The van der Waals surface area contributed by atoms with Gasteiger partial charge in [-0.1, -0.05) is 0 Å². The highest BCUT2D eigenvalue weighted by Gasteiger charge is 2.32. The summed E-state index contributed by atoms with van der Waals surface area (Å²) in [5.41, 5.74) is 6.24. The lowest BCUT2D eigenvalue weighted by Gasteiger charge is -2.27. The van der Waals surface area contributed by atoms with Gasteiger partial charge in [-0.15, -0.1) is 5.10 Å². The van der Waals surface area contributed by atoms with Crippen LogP contribution in [0, 0.1) is 5.41 Å². The summed E-state index contributed by atoms with van der Waals surface area (Å²) < 4.78 is 50.6. The molecule has 1 aromatic rings. The summed E-state index contributed by atoms with van der Waals surface area (Å²) in [6.45, 7) is 1.63. The molecule has 2 unspecified atom stereocenters. The molecule has 1 aromatic carbocycles. The molecule has 0 aliphatic carbocycles. The average molecular weight is 443 g/mol. The van der Waals surface area contributed by atoms with E-state index in [1.807, 2.05) is 0 Å². The third-order valence-corrected chi connectivity index (χ3v) is 4.39. The van der Waals surface area contributed by atoms with Crippen LogP contribution >= 0.6 is 11.6 Å². The van der Waals surface area contributed by atoms with E-state index < -0.39 is 29.6 Å². The molecule has 0 saturated carbocycles. The van der Waals surface area contributed by atoms with Gasteiger partial charge in [-0.2, -0.15) is 13.2 Å². The topological polar surface area (TPSA) is 108 Å². The van der Waals surface area contributed by atoms with Gasteiger partial charge in [0.05, 0.1) is 5.56 Å². The fourth-order valence-corrected chi connectivity index (χ4v) is 2.86. The van der Waals surface area contributed by atoms with Gasteiger partial charge in [0.2, 0.25) is 17.5 Å². The van der Waals surface area contributed by atoms with E-state index in [4.69, 9.17) is 32.2 Å². The molecular formula is C18H18ClF3N6O2. The zero-order chi connectivity index (χ0) is 22.1. The van der Waals surface area contributed by atoms with E-state index in [9.17, 15) is 13.2 Å². The predicted molar refractivity (Wildman–Crippen MR) is 107 cm³/mol. The summed E-state index contributed by atoms with van der Waals surface area (Å²) >= 11 is 5.67. The van der Waals surface area contributed by atoms with Gasteiger partial charge in [-0.3, -0.25) is 5.41 Å². The monoisotopic (exact) mass is 442 g/mol. The number of hydrazone groups is 1. The summed E-state index contributed by atoms with van der Waals surface area (Å²) in [5.74, 6) is -0.151. The van der Waals surface area contributed by atoms with Crippen molar-refractivity contribution in [3.05, 3.63) is 47.2 Å². The maximum absolute atomic E-state index is 13.3. The van der Waals surface area contributed by atoms with Crippen molar-refractivity contribution in [3.63, 3.8) is 0 Å². The fraction of sp³-hybridized carbons (Fsp3) is 0.278. The van der Waals surface area contributed by atoms with Crippen molar-refractivity contribution in [1.82, 2.24) is 10.3 Å². The van der Waals surface area contributed by atoms with E-state index in [-0.39, 0.29) is 11.6 Å². The maximum atomic E-state index is 13.3. The van der Waals surface area contributed by atoms with Crippen molar-refractivity contribution >= 4 is 34.6 Å². The Morgan fingerprint density at radius 3 is 2.67 bits per heavy atom. The van der Waals surface area contributed by atoms with Crippen molar-refractivity contribution in [2.75, 3.05) is 7.11 Å². The fourth-order valence-electron chi connectivity index (χ4n) is 2.71. The van der Waals surface area contributed by atoms with Gasteiger partial charge in [-0.05, 0) is 42.8 Å². The van der Waals surface area contributed by atoms with Crippen LogP contribution in [0.4, 0.5) is 13.2 Å². The van der Waals surface area contributed by atoms with E-state index in [1.54, 1.807) is 13.1 Å². The molecule has 0 amide bonds. The minimum atomic E-state index is -4.57. The number of aliphatic imine (C=N–C) groups is 1. The van der Waals surface area contributed by atoms with Crippen molar-refractivity contribution in [2.45, 2.75) is 25.6 Å². The molecule has 12 heteroatoms. The van der Waals surface area contributed by atoms with Gasteiger partial charge >= 0.3 is 6.18 Å². The lowest BCUT2D eigenvalue weighted by atomic mass is 10.0. The molecule has 0 spiro atoms. The molecule has 2 heterocycles. The normalized spacial score (nSPS) is 21.4. The van der Waals surface area contributed by atoms with Gasteiger partial charge < -0.3 is 20.5 Å². The number of nitrogens with one attached hydrogen (secondary N) is 2. The Hall–Kier alpha value is -2.89. The minimum absolute atomic E-state index is 0.0428. The van der Waals surface area contributed by atoms with Crippen molar-refractivity contribution in [3.8, 4) is 5.75 Å². The van der Waals surface area contributed by atoms with Crippen LogP contribution in [-0.2, 0) is 10.9 Å². The molecule has 0 bridgehead atoms. The summed E-state index contributed by atoms with van der Waals surface area (Å²) in [4.78, 5) is 4.11. The molecule has 30 heavy (non-hydrogen) atoms. The van der Waals surface area contributed by atoms with Crippen LogP contribution in [0.1, 0.15) is 18.1 Å². The van der Waals surface area contributed by atoms with Gasteiger partial charge in [0, 0.05) is 36.2 Å². The summed E-state index contributed by atoms with van der Waals surface area (Å²) in [6, 6.07) is 3.09. The lowest BCUT2D eigenvalue weighted by Crippen LogP contribution is -2.43. The first kappa shape index (κ1) is 21.8. The van der Waals surface area contributed by atoms with Crippen LogP contribution in [0.25, 0.3) is 5.57 Å². The standard InChI is InChI=1S/C18H18ClF3N6O2/c1-9-5-14(23)28(16(19)24)27-15(9)30-13-6-11(18(20,21)22)3-4-12(13)10-7-25-17(29-2)26-8-10/h3-8,14,17,24-25H,23H2,1-2H3. The summed E-state index contributed by atoms with van der Waals surface area (Å²) in [7, 11) is 1.46. The Labute approximate surface area is 175 Å². The second-order valence-corrected chi connectivity index (χ2v) is 6.68. The SMILES string of the molecule is COC1N=CC(c2ccc(C(F)(F)F)cc2OC2=NN(C(=N)Cl)C(N)C=C2C)=CN1. The van der Waals surface area contributed by atoms with Crippen LogP contribution < -0.4 is 15.8 Å². The Balaban J connectivity index is 2.02. The van der Waals surface area contributed by atoms with E-state index in [2.05, 4.69) is 15.4 Å². The molecule has 8 nitrogen and oxygen atoms in total. The second kappa shape index (κ2) is 8.46. The first-order valence-corrected chi connectivity index (χ1v) is 8.96. The second-order valence-electron chi connectivity index (χ2n) is 6.32. The lowest BCUT2D eigenvalue weighted by molar-refractivity contribution is -0.137. The first-order chi connectivity index (χ1) is 14.1. The summed E-state index contributed by atoms with van der Waals surface area (Å²) in [6.07, 6.45) is -1.42. The van der Waals surface area contributed by atoms with E-state index in [0.29, 0.717) is 16.7 Å².